The lowest BCUT2D eigenvalue weighted by Gasteiger charge is -2.26. The summed E-state index contributed by atoms with van der Waals surface area (Å²) in [5.41, 5.74) is 0.495. The van der Waals surface area contributed by atoms with Crippen molar-refractivity contribution in [3.8, 4) is 0 Å². The smallest absolute Gasteiger partial charge is 0.165 e. The number of alkyl halides is 1. The summed E-state index contributed by atoms with van der Waals surface area (Å²) in [6.07, 6.45) is -0.0827. The quantitative estimate of drug-likeness (QED) is 0.868. The molecule has 1 aromatic rings. The number of aliphatic hydroxyl groups is 1. The Labute approximate surface area is 108 Å². The lowest BCUT2D eigenvalue weighted by Crippen LogP contribution is -2.34. The third kappa shape index (κ3) is 2.77. The van der Waals surface area contributed by atoms with Crippen LogP contribution in [0.3, 0.4) is 0 Å². The highest BCUT2D eigenvalue weighted by Gasteiger charge is 2.41. The fourth-order valence-corrected chi connectivity index (χ4v) is 2.08. The molecule has 6 heteroatoms. The zero-order valence-electron chi connectivity index (χ0n) is 8.81. The Morgan fingerprint density at radius 1 is 1.38 bits per heavy atom. The molecule has 90 valence electrons. The van der Waals surface area contributed by atoms with Gasteiger partial charge in [-0.05, 0) is 24.6 Å². The minimum atomic E-state index is -3.43. The van der Waals surface area contributed by atoms with Crippen LogP contribution in [0.2, 0.25) is 5.02 Å². The zero-order valence-corrected chi connectivity index (χ0v) is 12.0. The highest BCUT2D eigenvalue weighted by atomic mass is 79.9. The van der Waals surface area contributed by atoms with Crippen LogP contribution in [0.1, 0.15) is 18.6 Å². The fraction of sp³-hybridized carbons (Fsp3) is 0.400. The van der Waals surface area contributed by atoms with Crippen molar-refractivity contribution in [3.63, 3.8) is 0 Å². The van der Waals surface area contributed by atoms with Crippen LogP contribution in [0.5, 0.6) is 0 Å². The van der Waals surface area contributed by atoms with Gasteiger partial charge in [0.2, 0.25) is 0 Å². The summed E-state index contributed by atoms with van der Waals surface area (Å²) in [6, 6.07) is 6.40. The van der Waals surface area contributed by atoms with Crippen molar-refractivity contribution >= 4 is 37.4 Å². The molecule has 0 bridgehead atoms. The van der Waals surface area contributed by atoms with E-state index in [0.29, 0.717) is 10.6 Å². The lowest BCUT2D eigenvalue weighted by molar-refractivity contribution is 0.168. The summed E-state index contributed by atoms with van der Waals surface area (Å²) in [4.78, 5) is 0. The predicted octanol–water partition coefficient (Wildman–Crippen LogP) is 2.53. The van der Waals surface area contributed by atoms with E-state index >= 15 is 0 Å². The van der Waals surface area contributed by atoms with Crippen LogP contribution in [0.15, 0.2) is 24.3 Å². The third-order valence-corrected chi connectivity index (χ3v) is 6.52. The minimum absolute atomic E-state index is 0.495. The van der Waals surface area contributed by atoms with E-state index in [4.69, 9.17) is 11.6 Å². The summed E-state index contributed by atoms with van der Waals surface area (Å²) >= 11 is 8.76. The summed E-state index contributed by atoms with van der Waals surface area (Å²) in [5, 5.41) is 10.5. The van der Waals surface area contributed by atoms with Gasteiger partial charge in [-0.15, -0.1) is 0 Å². The maximum absolute atomic E-state index is 11.5. The minimum Gasteiger partial charge on any atom is -0.386 e. The molecule has 16 heavy (non-hydrogen) atoms. The van der Waals surface area contributed by atoms with Crippen LogP contribution in [0, 0.1) is 0 Å². The van der Waals surface area contributed by atoms with Gasteiger partial charge in [0.1, 0.15) is 6.10 Å². The molecule has 0 spiro atoms. The van der Waals surface area contributed by atoms with Crippen molar-refractivity contribution in [1.29, 1.82) is 0 Å². The number of hydrogen-bond acceptors (Lipinski definition) is 3. The molecule has 1 N–H and O–H groups in total. The number of aliphatic hydroxyl groups excluding tert-OH is 1. The Hall–Kier alpha value is -0.100. The molecule has 0 aromatic heterocycles. The molecule has 0 aliphatic rings. The standard InChI is InChI=1S/C10H12BrClO3S/c1-10(11,16(2,14)15)9(13)7-3-5-8(12)6-4-7/h3-6,9,13H,1-2H3/t9-,10-/m1/s1. The second kappa shape index (κ2) is 4.64. The van der Waals surface area contributed by atoms with Crippen molar-refractivity contribution < 1.29 is 13.5 Å². The van der Waals surface area contributed by atoms with Gasteiger partial charge in [-0.25, -0.2) is 8.42 Å². The molecule has 0 saturated carbocycles. The lowest BCUT2D eigenvalue weighted by atomic mass is 10.1. The maximum Gasteiger partial charge on any atom is 0.165 e. The highest BCUT2D eigenvalue weighted by Crippen LogP contribution is 2.38. The Morgan fingerprint density at radius 2 is 1.81 bits per heavy atom. The van der Waals surface area contributed by atoms with Crippen molar-refractivity contribution in [3.05, 3.63) is 34.9 Å². The summed E-state index contributed by atoms with van der Waals surface area (Å²) < 4.78 is 21.6. The molecule has 0 aliphatic heterocycles. The maximum atomic E-state index is 11.5. The number of sulfone groups is 1. The van der Waals surface area contributed by atoms with Gasteiger partial charge in [-0.1, -0.05) is 39.7 Å². The second-order valence-corrected chi connectivity index (χ2v) is 8.71. The first kappa shape index (κ1) is 14.0. The monoisotopic (exact) mass is 326 g/mol. The van der Waals surface area contributed by atoms with Crippen LogP contribution in [0.4, 0.5) is 0 Å². The average Bonchev–Trinajstić information content (AvgIpc) is 2.16. The predicted molar refractivity (Wildman–Crippen MR) is 68.6 cm³/mol. The molecular weight excluding hydrogens is 316 g/mol. The second-order valence-electron chi connectivity index (χ2n) is 3.71. The molecular formula is C10H12BrClO3S. The molecule has 3 nitrogen and oxygen atoms in total. The van der Waals surface area contributed by atoms with Gasteiger partial charge in [0, 0.05) is 11.3 Å². The van der Waals surface area contributed by atoms with Crippen LogP contribution in [-0.2, 0) is 9.84 Å². The number of halogens is 2. The molecule has 1 aromatic carbocycles. The molecule has 0 heterocycles. The van der Waals surface area contributed by atoms with E-state index in [1.165, 1.54) is 6.92 Å². The number of rotatable bonds is 3. The summed E-state index contributed by atoms with van der Waals surface area (Å²) in [7, 11) is -3.43. The van der Waals surface area contributed by atoms with E-state index in [-0.39, 0.29) is 0 Å². The van der Waals surface area contributed by atoms with Gasteiger partial charge in [-0.3, -0.25) is 0 Å². The third-order valence-electron chi connectivity index (χ3n) is 2.40. The first-order valence-corrected chi connectivity index (χ1v) is 7.54. The largest absolute Gasteiger partial charge is 0.386 e. The number of hydrogen-bond donors (Lipinski definition) is 1. The molecule has 2 atom stereocenters. The molecule has 1 rings (SSSR count). The highest BCUT2D eigenvalue weighted by molar-refractivity contribution is 9.11. The van der Waals surface area contributed by atoms with Crippen LogP contribution < -0.4 is 0 Å². The molecule has 0 aliphatic carbocycles. The first-order valence-electron chi connectivity index (χ1n) is 4.48. The Balaban J connectivity index is 3.12. The SMILES string of the molecule is C[C@](Br)([C@H](O)c1ccc(Cl)cc1)S(C)(=O)=O. The van der Waals surface area contributed by atoms with E-state index < -0.39 is 19.6 Å². The molecule has 0 amide bonds. The van der Waals surface area contributed by atoms with E-state index in [1.54, 1.807) is 24.3 Å². The van der Waals surface area contributed by atoms with Crippen molar-refractivity contribution in [1.82, 2.24) is 0 Å². The number of benzene rings is 1. The Morgan fingerprint density at radius 3 is 2.19 bits per heavy atom. The van der Waals surface area contributed by atoms with Crippen LogP contribution in [-0.4, -0.2) is 23.4 Å². The van der Waals surface area contributed by atoms with Gasteiger partial charge in [0.25, 0.3) is 0 Å². The summed E-state index contributed by atoms with van der Waals surface area (Å²) in [5.74, 6) is 0. The molecule has 0 saturated heterocycles. The van der Waals surface area contributed by atoms with E-state index in [0.717, 1.165) is 6.26 Å². The van der Waals surface area contributed by atoms with E-state index in [2.05, 4.69) is 15.9 Å². The van der Waals surface area contributed by atoms with Crippen LogP contribution in [0.25, 0.3) is 0 Å². The van der Waals surface area contributed by atoms with Gasteiger partial charge in [-0.2, -0.15) is 0 Å². The van der Waals surface area contributed by atoms with E-state index in [1.807, 2.05) is 0 Å². The van der Waals surface area contributed by atoms with Crippen molar-refractivity contribution in [2.75, 3.05) is 6.26 Å². The Bertz CT molecular complexity index is 467. The summed E-state index contributed by atoms with van der Waals surface area (Å²) in [6.45, 7) is 1.42. The zero-order chi connectivity index (χ0) is 12.6. The normalized spacial score (nSPS) is 17.8. The van der Waals surface area contributed by atoms with Gasteiger partial charge in [0.15, 0.2) is 13.5 Å². The Kier molecular flexibility index (Phi) is 4.05. The molecule has 0 fully saturated rings. The average molecular weight is 328 g/mol. The first-order chi connectivity index (χ1) is 7.16. The topological polar surface area (TPSA) is 54.4 Å². The van der Waals surface area contributed by atoms with Gasteiger partial charge >= 0.3 is 0 Å². The molecule has 0 unspecified atom stereocenters. The molecule has 0 radical (unpaired) electrons. The van der Waals surface area contributed by atoms with Crippen LogP contribution >= 0.6 is 27.5 Å². The fourth-order valence-electron chi connectivity index (χ4n) is 1.15. The van der Waals surface area contributed by atoms with Gasteiger partial charge < -0.3 is 5.11 Å². The van der Waals surface area contributed by atoms with Gasteiger partial charge in [0.05, 0.1) is 0 Å². The van der Waals surface area contributed by atoms with E-state index in [9.17, 15) is 13.5 Å². The van der Waals surface area contributed by atoms with Crippen molar-refractivity contribution in [2.24, 2.45) is 0 Å². The van der Waals surface area contributed by atoms with Crippen molar-refractivity contribution in [2.45, 2.75) is 16.7 Å².